The van der Waals surface area contributed by atoms with Crippen LogP contribution in [-0.2, 0) is 12.8 Å². The Labute approximate surface area is 73.7 Å². The van der Waals surface area contributed by atoms with Gasteiger partial charge in [0.2, 0.25) is 0 Å². The summed E-state index contributed by atoms with van der Waals surface area (Å²) in [7, 11) is 0. The highest BCUT2D eigenvalue weighted by atomic mass is 19.2. The number of allylic oxidation sites excluding steroid dienone is 2. The van der Waals surface area contributed by atoms with Crippen LogP contribution in [-0.4, -0.2) is 0 Å². The molecule has 0 heterocycles. The Balaban J connectivity index is 2.44. The minimum Gasteiger partial charge on any atom is -0.209 e. The number of halogens is 3. The molecule has 1 aliphatic carbocycles. The standard InChI is InChI=1S/C10H7F3/c11-8-2-1-6-4-9(12)10(13)5-7(6)3-8/h1-3H,4-5H2. The van der Waals surface area contributed by atoms with E-state index >= 15 is 0 Å². The normalized spacial score (nSPS) is 15.9. The van der Waals surface area contributed by atoms with Crippen LogP contribution in [0.3, 0.4) is 0 Å². The minimum atomic E-state index is -0.780. The molecule has 13 heavy (non-hydrogen) atoms. The molecular weight excluding hydrogens is 177 g/mol. The third-order valence-corrected chi connectivity index (χ3v) is 2.15. The largest absolute Gasteiger partial charge is 0.209 e. The number of hydrogen-bond donors (Lipinski definition) is 0. The lowest BCUT2D eigenvalue weighted by molar-refractivity contribution is 0.494. The summed E-state index contributed by atoms with van der Waals surface area (Å²) in [5.74, 6) is -1.92. The molecule has 0 aromatic heterocycles. The molecule has 0 N–H and O–H groups in total. The van der Waals surface area contributed by atoms with Crippen molar-refractivity contribution in [2.75, 3.05) is 0 Å². The quantitative estimate of drug-likeness (QED) is 0.581. The van der Waals surface area contributed by atoms with Gasteiger partial charge in [0.1, 0.15) is 17.5 Å². The Bertz CT molecular complexity index is 380. The molecule has 0 aliphatic heterocycles. The zero-order valence-electron chi connectivity index (χ0n) is 6.78. The van der Waals surface area contributed by atoms with Gasteiger partial charge in [-0.05, 0) is 23.3 Å². The minimum absolute atomic E-state index is 0.0541. The average molecular weight is 184 g/mol. The molecule has 0 radical (unpaired) electrons. The van der Waals surface area contributed by atoms with Gasteiger partial charge in [0.15, 0.2) is 0 Å². The second kappa shape index (κ2) is 2.91. The molecule has 0 saturated heterocycles. The van der Waals surface area contributed by atoms with E-state index in [0.29, 0.717) is 11.1 Å². The van der Waals surface area contributed by atoms with E-state index in [2.05, 4.69) is 0 Å². The molecule has 0 nitrogen and oxygen atoms in total. The predicted molar refractivity (Wildman–Crippen MR) is 43.1 cm³/mol. The molecule has 1 aromatic carbocycles. The highest BCUT2D eigenvalue weighted by Gasteiger charge is 2.18. The first kappa shape index (κ1) is 8.35. The second-order valence-electron chi connectivity index (χ2n) is 3.08. The molecule has 1 aromatic rings. The first-order valence-electron chi connectivity index (χ1n) is 3.97. The SMILES string of the molecule is FC1=C(F)Cc2cc(F)ccc2C1. The Morgan fingerprint density at radius 3 is 2.15 bits per heavy atom. The fourth-order valence-electron chi connectivity index (χ4n) is 1.46. The van der Waals surface area contributed by atoms with Crippen molar-refractivity contribution < 1.29 is 13.2 Å². The molecule has 1 aliphatic rings. The summed E-state index contributed by atoms with van der Waals surface area (Å²) in [5.41, 5.74) is 1.21. The van der Waals surface area contributed by atoms with Gasteiger partial charge in [0.05, 0.1) is 0 Å². The van der Waals surface area contributed by atoms with Gasteiger partial charge < -0.3 is 0 Å². The highest BCUT2D eigenvalue weighted by Crippen LogP contribution is 2.27. The molecule has 0 fully saturated rings. The van der Waals surface area contributed by atoms with Crippen LogP contribution in [0.5, 0.6) is 0 Å². The van der Waals surface area contributed by atoms with Crippen molar-refractivity contribution in [3.63, 3.8) is 0 Å². The van der Waals surface area contributed by atoms with Gasteiger partial charge in [-0.15, -0.1) is 0 Å². The molecule has 3 heteroatoms. The molecule has 0 unspecified atom stereocenters. The predicted octanol–water partition coefficient (Wildman–Crippen LogP) is 3.07. The van der Waals surface area contributed by atoms with Crippen molar-refractivity contribution in [3.8, 4) is 0 Å². The van der Waals surface area contributed by atoms with Crippen molar-refractivity contribution in [2.45, 2.75) is 12.8 Å². The van der Waals surface area contributed by atoms with Crippen molar-refractivity contribution in [1.29, 1.82) is 0 Å². The molecule has 68 valence electrons. The van der Waals surface area contributed by atoms with E-state index in [9.17, 15) is 13.2 Å². The fourth-order valence-corrected chi connectivity index (χ4v) is 1.46. The van der Waals surface area contributed by atoms with Crippen LogP contribution in [0.2, 0.25) is 0 Å². The van der Waals surface area contributed by atoms with Crippen LogP contribution in [0.1, 0.15) is 11.1 Å². The summed E-state index contributed by atoms with van der Waals surface area (Å²) in [6, 6.07) is 4.01. The molecule has 0 atom stereocenters. The van der Waals surface area contributed by atoms with Gasteiger partial charge in [-0.1, -0.05) is 6.07 Å². The van der Waals surface area contributed by atoms with Crippen molar-refractivity contribution in [3.05, 3.63) is 46.8 Å². The van der Waals surface area contributed by atoms with Gasteiger partial charge in [-0.25, -0.2) is 13.2 Å². The maximum Gasteiger partial charge on any atom is 0.136 e. The summed E-state index contributed by atoms with van der Waals surface area (Å²) in [4.78, 5) is 0. The van der Waals surface area contributed by atoms with Gasteiger partial charge in [-0.3, -0.25) is 0 Å². The Hall–Kier alpha value is -1.25. The molecule has 0 saturated carbocycles. The van der Waals surface area contributed by atoms with Gasteiger partial charge >= 0.3 is 0 Å². The van der Waals surface area contributed by atoms with E-state index in [1.807, 2.05) is 0 Å². The van der Waals surface area contributed by atoms with Crippen LogP contribution >= 0.6 is 0 Å². The molecule has 0 spiro atoms. The van der Waals surface area contributed by atoms with Crippen LogP contribution in [0.15, 0.2) is 29.9 Å². The van der Waals surface area contributed by atoms with Gasteiger partial charge in [0, 0.05) is 12.8 Å². The molecule has 0 bridgehead atoms. The zero-order chi connectivity index (χ0) is 9.42. The van der Waals surface area contributed by atoms with E-state index in [-0.39, 0.29) is 12.8 Å². The molecule has 0 amide bonds. The fraction of sp³-hybridized carbons (Fsp3) is 0.200. The zero-order valence-corrected chi connectivity index (χ0v) is 6.78. The van der Waals surface area contributed by atoms with E-state index in [1.54, 1.807) is 0 Å². The van der Waals surface area contributed by atoms with E-state index in [0.717, 1.165) is 0 Å². The first-order chi connectivity index (χ1) is 6.16. The van der Waals surface area contributed by atoms with Crippen molar-refractivity contribution in [2.24, 2.45) is 0 Å². The van der Waals surface area contributed by atoms with Gasteiger partial charge in [-0.2, -0.15) is 0 Å². The number of rotatable bonds is 0. The van der Waals surface area contributed by atoms with Crippen LogP contribution in [0.4, 0.5) is 13.2 Å². The monoisotopic (exact) mass is 184 g/mol. The Morgan fingerprint density at radius 1 is 0.846 bits per heavy atom. The summed E-state index contributed by atoms with van der Waals surface area (Å²) >= 11 is 0. The topological polar surface area (TPSA) is 0 Å². The van der Waals surface area contributed by atoms with E-state index in [1.165, 1.54) is 18.2 Å². The lowest BCUT2D eigenvalue weighted by atomic mass is 9.95. The van der Waals surface area contributed by atoms with Crippen LogP contribution in [0, 0.1) is 5.82 Å². The summed E-state index contributed by atoms with van der Waals surface area (Å²) in [6.45, 7) is 0. The maximum absolute atomic E-state index is 12.8. The highest BCUT2D eigenvalue weighted by molar-refractivity contribution is 5.37. The maximum atomic E-state index is 12.8. The summed E-state index contributed by atoms with van der Waals surface area (Å²) < 4.78 is 38.2. The third kappa shape index (κ3) is 1.46. The van der Waals surface area contributed by atoms with E-state index in [4.69, 9.17) is 0 Å². The van der Waals surface area contributed by atoms with Crippen LogP contribution < -0.4 is 0 Å². The van der Waals surface area contributed by atoms with Crippen molar-refractivity contribution in [1.82, 2.24) is 0 Å². The smallest absolute Gasteiger partial charge is 0.136 e. The van der Waals surface area contributed by atoms with Gasteiger partial charge in [0.25, 0.3) is 0 Å². The average Bonchev–Trinajstić information content (AvgIpc) is 2.08. The number of hydrogen-bond acceptors (Lipinski definition) is 0. The lowest BCUT2D eigenvalue weighted by Crippen LogP contribution is -2.04. The van der Waals surface area contributed by atoms with E-state index < -0.39 is 17.5 Å². The first-order valence-corrected chi connectivity index (χ1v) is 3.97. The molecule has 2 rings (SSSR count). The number of benzene rings is 1. The Morgan fingerprint density at radius 2 is 1.46 bits per heavy atom. The third-order valence-electron chi connectivity index (χ3n) is 2.15. The van der Waals surface area contributed by atoms with Crippen molar-refractivity contribution >= 4 is 0 Å². The summed E-state index contributed by atoms with van der Waals surface area (Å²) in [6.07, 6.45) is -0.180. The Kier molecular flexibility index (Phi) is 1.87. The number of fused-ring (bicyclic) bond motifs is 1. The second-order valence-corrected chi connectivity index (χ2v) is 3.08. The van der Waals surface area contributed by atoms with Crippen LogP contribution in [0.25, 0.3) is 0 Å². The summed E-state index contributed by atoms with van der Waals surface area (Å²) in [5, 5.41) is 0. The lowest BCUT2D eigenvalue weighted by Gasteiger charge is -2.13. The molecular formula is C10H7F3.